The molecule has 0 saturated carbocycles. The fourth-order valence-corrected chi connectivity index (χ4v) is 1.60. The van der Waals surface area contributed by atoms with E-state index in [1.165, 1.54) is 24.3 Å². The predicted molar refractivity (Wildman–Crippen MR) is 74.9 cm³/mol. The number of ether oxygens (including phenoxy) is 1. The maximum Gasteiger partial charge on any atom is 0.262 e. The van der Waals surface area contributed by atoms with Crippen LogP contribution in [-0.4, -0.2) is 12.5 Å². The molecule has 0 heterocycles. The number of anilines is 1. The molecule has 4 nitrogen and oxygen atoms in total. The van der Waals surface area contributed by atoms with E-state index in [2.05, 4.69) is 5.32 Å². The van der Waals surface area contributed by atoms with Crippen LogP contribution in [0.4, 0.5) is 10.1 Å². The molecule has 0 spiro atoms. The zero-order valence-corrected chi connectivity index (χ0v) is 10.8. The molecule has 0 radical (unpaired) electrons. The topological polar surface area (TPSA) is 64.3 Å². The van der Waals surface area contributed by atoms with Crippen LogP contribution < -0.4 is 15.8 Å². The van der Waals surface area contributed by atoms with Gasteiger partial charge < -0.3 is 15.8 Å². The molecule has 3 N–H and O–H groups in total. The van der Waals surface area contributed by atoms with Crippen LogP contribution in [0.25, 0.3) is 0 Å². The standard InChI is InChI=1S/C15H15FN2O2/c16-12-3-5-13(6-4-12)18-15(19)10-20-14-7-1-11(9-17)2-8-14/h1-8H,9-10,17H2,(H,18,19). The van der Waals surface area contributed by atoms with Crippen LogP contribution >= 0.6 is 0 Å². The van der Waals surface area contributed by atoms with Crippen molar-refractivity contribution in [2.75, 3.05) is 11.9 Å². The molecule has 2 aromatic rings. The molecule has 0 aliphatic heterocycles. The van der Waals surface area contributed by atoms with E-state index in [1.807, 2.05) is 12.1 Å². The summed E-state index contributed by atoms with van der Waals surface area (Å²) in [6.45, 7) is 0.352. The number of halogens is 1. The van der Waals surface area contributed by atoms with Gasteiger partial charge in [0.2, 0.25) is 0 Å². The van der Waals surface area contributed by atoms with E-state index in [0.717, 1.165) is 5.56 Å². The Morgan fingerprint density at radius 2 is 1.75 bits per heavy atom. The Labute approximate surface area is 116 Å². The van der Waals surface area contributed by atoms with E-state index in [-0.39, 0.29) is 18.3 Å². The second-order valence-corrected chi connectivity index (χ2v) is 4.19. The summed E-state index contributed by atoms with van der Waals surface area (Å²) >= 11 is 0. The van der Waals surface area contributed by atoms with Crippen LogP contribution in [-0.2, 0) is 11.3 Å². The highest BCUT2D eigenvalue weighted by atomic mass is 19.1. The van der Waals surface area contributed by atoms with Crippen molar-refractivity contribution < 1.29 is 13.9 Å². The van der Waals surface area contributed by atoms with Gasteiger partial charge in [0.15, 0.2) is 6.61 Å². The third kappa shape index (κ3) is 4.07. The normalized spacial score (nSPS) is 10.1. The Kier molecular flexibility index (Phi) is 4.68. The van der Waals surface area contributed by atoms with E-state index in [4.69, 9.17) is 10.5 Å². The zero-order valence-electron chi connectivity index (χ0n) is 10.8. The SMILES string of the molecule is NCc1ccc(OCC(=O)Nc2ccc(F)cc2)cc1. The molecule has 104 valence electrons. The van der Waals surface area contributed by atoms with Crippen molar-refractivity contribution in [3.63, 3.8) is 0 Å². The largest absolute Gasteiger partial charge is 0.484 e. The maximum atomic E-state index is 12.7. The van der Waals surface area contributed by atoms with Gasteiger partial charge in [-0.25, -0.2) is 4.39 Å². The fourth-order valence-electron chi connectivity index (χ4n) is 1.60. The first-order chi connectivity index (χ1) is 9.67. The van der Waals surface area contributed by atoms with Gasteiger partial charge in [0.05, 0.1) is 0 Å². The van der Waals surface area contributed by atoms with E-state index in [0.29, 0.717) is 18.0 Å². The Hall–Kier alpha value is -2.40. The molecule has 1 amide bonds. The van der Waals surface area contributed by atoms with Gasteiger partial charge in [0, 0.05) is 12.2 Å². The summed E-state index contributed by atoms with van der Waals surface area (Å²) in [5.41, 5.74) is 7.01. The van der Waals surface area contributed by atoms with Crippen molar-refractivity contribution in [2.24, 2.45) is 5.73 Å². The highest BCUT2D eigenvalue weighted by Gasteiger charge is 2.04. The molecule has 2 rings (SSSR count). The number of nitrogens with two attached hydrogens (primary N) is 1. The molecular formula is C15H15FN2O2. The van der Waals surface area contributed by atoms with Crippen molar-refractivity contribution in [3.05, 3.63) is 59.9 Å². The quantitative estimate of drug-likeness (QED) is 0.879. The minimum absolute atomic E-state index is 0.112. The maximum absolute atomic E-state index is 12.7. The lowest BCUT2D eigenvalue weighted by molar-refractivity contribution is -0.118. The molecule has 5 heteroatoms. The third-order valence-corrected chi connectivity index (χ3v) is 2.66. The van der Waals surface area contributed by atoms with Gasteiger partial charge in [0.25, 0.3) is 5.91 Å². The number of rotatable bonds is 5. The summed E-state index contributed by atoms with van der Waals surface area (Å²) in [6, 6.07) is 12.7. The Morgan fingerprint density at radius 3 is 2.35 bits per heavy atom. The predicted octanol–water partition coefficient (Wildman–Crippen LogP) is 2.30. The Bertz CT molecular complexity index is 567. The number of benzene rings is 2. The molecule has 20 heavy (non-hydrogen) atoms. The minimum atomic E-state index is -0.348. The molecule has 0 aliphatic carbocycles. The highest BCUT2D eigenvalue weighted by Crippen LogP contribution is 2.12. The number of carbonyl (C=O) groups is 1. The Morgan fingerprint density at radius 1 is 1.10 bits per heavy atom. The molecule has 0 bridgehead atoms. The average molecular weight is 274 g/mol. The van der Waals surface area contributed by atoms with Gasteiger partial charge in [-0.15, -0.1) is 0 Å². The van der Waals surface area contributed by atoms with E-state index in [9.17, 15) is 9.18 Å². The van der Waals surface area contributed by atoms with E-state index < -0.39 is 0 Å². The Balaban J connectivity index is 1.83. The second-order valence-electron chi connectivity index (χ2n) is 4.19. The van der Waals surface area contributed by atoms with Gasteiger partial charge in [-0.05, 0) is 42.0 Å². The molecule has 0 atom stereocenters. The molecule has 0 unspecified atom stereocenters. The third-order valence-electron chi connectivity index (χ3n) is 2.66. The lowest BCUT2D eigenvalue weighted by atomic mass is 10.2. The number of nitrogens with one attached hydrogen (secondary N) is 1. The van der Waals surface area contributed by atoms with Crippen LogP contribution in [0.1, 0.15) is 5.56 Å². The van der Waals surface area contributed by atoms with Gasteiger partial charge in [0.1, 0.15) is 11.6 Å². The molecule has 2 aromatic carbocycles. The molecule has 0 aromatic heterocycles. The number of hydrogen-bond acceptors (Lipinski definition) is 3. The number of hydrogen-bond donors (Lipinski definition) is 2. The van der Waals surface area contributed by atoms with Gasteiger partial charge in [-0.3, -0.25) is 4.79 Å². The zero-order chi connectivity index (χ0) is 14.4. The summed E-state index contributed by atoms with van der Waals surface area (Å²) in [5, 5.41) is 2.61. The molecule has 0 saturated heterocycles. The van der Waals surface area contributed by atoms with Gasteiger partial charge in [-0.2, -0.15) is 0 Å². The van der Waals surface area contributed by atoms with Crippen molar-refractivity contribution in [1.82, 2.24) is 0 Å². The minimum Gasteiger partial charge on any atom is -0.484 e. The van der Waals surface area contributed by atoms with E-state index in [1.54, 1.807) is 12.1 Å². The summed E-state index contributed by atoms with van der Waals surface area (Å²) in [6.07, 6.45) is 0. The summed E-state index contributed by atoms with van der Waals surface area (Å²) in [5.74, 6) is -0.0600. The summed E-state index contributed by atoms with van der Waals surface area (Å²) in [4.78, 5) is 11.6. The summed E-state index contributed by atoms with van der Waals surface area (Å²) < 4.78 is 18.0. The van der Waals surface area contributed by atoms with Crippen molar-refractivity contribution in [3.8, 4) is 5.75 Å². The fraction of sp³-hybridized carbons (Fsp3) is 0.133. The van der Waals surface area contributed by atoms with Gasteiger partial charge >= 0.3 is 0 Å². The smallest absolute Gasteiger partial charge is 0.262 e. The van der Waals surface area contributed by atoms with Crippen molar-refractivity contribution >= 4 is 11.6 Å². The van der Waals surface area contributed by atoms with Crippen molar-refractivity contribution in [1.29, 1.82) is 0 Å². The monoisotopic (exact) mass is 274 g/mol. The molecule has 0 fully saturated rings. The van der Waals surface area contributed by atoms with E-state index >= 15 is 0 Å². The highest BCUT2D eigenvalue weighted by molar-refractivity contribution is 5.91. The van der Waals surface area contributed by atoms with Crippen LogP contribution in [0.15, 0.2) is 48.5 Å². The lowest BCUT2D eigenvalue weighted by Crippen LogP contribution is -2.20. The second kappa shape index (κ2) is 6.68. The molecular weight excluding hydrogens is 259 g/mol. The first-order valence-corrected chi connectivity index (χ1v) is 6.14. The number of amides is 1. The first-order valence-electron chi connectivity index (χ1n) is 6.14. The van der Waals surface area contributed by atoms with Crippen LogP contribution in [0.2, 0.25) is 0 Å². The number of carbonyl (C=O) groups excluding carboxylic acids is 1. The van der Waals surface area contributed by atoms with Crippen LogP contribution in [0.5, 0.6) is 5.75 Å². The van der Waals surface area contributed by atoms with Crippen molar-refractivity contribution in [2.45, 2.75) is 6.54 Å². The average Bonchev–Trinajstić information content (AvgIpc) is 2.48. The van der Waals surface area contributed by atoms with Gasteiger partial charge in [-0.1, -0.05) is 12.1 Å². The van der Waals surface area contributed by atoms with Crippen LogP contribution in [0.3, 0.4) is 0 Å². The summed E-state index contributed by atoms with van der Waals surface area (Å²) in [7, 11) is 0. The molecule has 0 aliphatic rings. The first kappa shape index (κ1) is 14.0. The van der Waals surface area contributed by atoms with Crippen LogP contribution in [0, 0.1) is 5.82 Å². The lowest BCUT2D eigenvalue weighted by Gasteiger charge is -2.08.